The standard InChI is InChI=1S/C25H23NO3/c1-28-23-11-5-6-12-24(23)29-18-8-7-17-26-25(27)19-20-13-15-22(16-14-20)21-9-3-2-4-10-21/h2-6,9-16H,17-19H2,1H3,(H,26,27). The number of hydrogen-bond acceptors (Lipinski definition) is 3. The molecule has 0 unspecified atom stereocenters. The van der Waals surface area contributed by atoms with E-state index in [9.17, 15) is 4.79 Å². The van der Waals surface area contributed by atoms with Crippen LogP contribution in [0.25, 0.3) is 11.1 Å². The molecule has 3 aromatic carbocycles. The number of hydrogen-bond donors (Lipinski definition) is 1. The first-order valence-corrected chi connectivity index (χ1v) is 9.39. The SMILES string of the molecule is COc1ccccc1OCC#CCNC(=O)Cc1ccc(-c2ccccc2)cc1. The van der Waals surface area contributed by atoms with Crippen LogP contribution in [0.3, 0.4) is 0 Å². The van der Waals surface area contributed by atoms with Crippen LogP contribution in [-0.2, 0) is 11.2 Å². The third kappa shape index (κ3) is 6.15. The largest absolute Gasteiger partial charge is 0.493 e. The van der Waals surface area contributed by atoms with Crippen LogP contribution in [0.1, 0.15) is 5.56 Å². The maximum atomic E-state index is 12.1. The summed E-state index contributed by atoms with van der Waals surface area (Å²) in [6.45, 7) is 0.521. The molecule has 0 aromatic heterocycles. The fraction of sp³-hybridized carbons (Fsp3) is 0.160. The van der Waals surface area contributed by atoms with Gasteiger partial charge in [-0.1, -0.05) is 78.6 Å². The Morgan fingerprint density at radius 2 is 1.48 bits per heavy atom. The van der Waals surface area contributed by atoms with Crippen molar-refractivity contribution < 1.29 is 14.3 Å². The summed E-state index contributed by atoms with van der Waals surface area (Å²) in [6, 6.07) is 25.6. The minimum Gasteiger partial charge on any atom is -0.493 e. The first-order chi connectivity index (χ1) is 14.3. The highest BCUT2D eigenvalue weighted by atomic mass is 16.5. The van der Waals surface area contributed by atoms with Crippen molar-refractivity contribution in [1.29, 1.82) is 0 Å². The van der Waals surface area contributed by atoms with Gasteiger partial charge in [0.1, 0.15) is 6.61 Å². The lowest BCUT2D eigenvalue weighted by Gasteiger charge is -2.07. The Labute approximate surface area is 171 Å². The van der Waals surface area contributed by atoms with Gasteiger partial charge >= 0.3 is 0 Å². The molecule has 0 heterocycles. The van der Waals surface area contributed by atoms with Crippen molar-refractivity contribution in [3.63, 3.8) is 0 Å². The van der Waals surface area contributed by atoms with Gasteiger partial charge in [-0.3, -0.25) is 4.79 Å². The van der Waals surface area contributed by atoms with E-state index in [0.29, 0.717) is 17.9 Å². The molecule has 146 valence electrons. The van der Waals surface area contributed by atoms with Gasteiger partial charge in [-0.15, -0.1) is 0 Å². The molecule has 4 heteroatoms. The number of carbonyl (C=O) groups is 1. The third-order valence-electron chi connectivity index (χ3n) is 4.29. The number of rotatable bonds is 7. The number of carbonyl (C=O) groups excluding carboxylic acids is 1. The predicted octanol–water partition coefficient (Wildman–Crippen LogP) is 4.10. The number of ether oxygens (including phenoxy) is 2. The summed E-state index contributed by atoms with van der Waals surface area (Å²) in [6.07, 6.45) is 0.328. The fourth-order valence-electron chi connectivity index (χ4n) is 2.80. The third-order valence-corrected chi connectivity index (χ3v) is 4.29. The molecule has 0 atom stereocenters. The molecule has 0 aliphatic rings. The Morgan fingerprint density at radius 3 is 2.21 bits per heavy atom. The minimum atomic E-state index is -0.0580. The average Bonchev–Trinajstić information content (AvgIpc) is 2.77. The van der Waals surface area contributed by atoms with Crippen molar-refractivity contribution in [2.75, 3.05) is 20.3 Å². The molecular weight excluding hydrogens is 362 g/mol. The second-order valence-corrected chi connectivity index (χ2v) is 6.31. The van der Waals surface area contributed by atoms with Crippen LogP contribution >= 0.6 is 0 Å². The highest BCUT2D eigenvalue weighted by molar-refractivity contribution is 5.79. The smallest absolute Gasteiger partial charge is 0.225 e. The predicted molar refractivity (Wildman–Crippen MR) is 115 cm³/mol. The van der Waals surface area contributed by atoms with Crippen LogP contribution in [0.5, 0.6) is 11.5 Å². The van der Waals surface area contributed by atoms with Crippen LogP contribution in [-0.4, -0.2) is 26.2 Å². The van der Waals surface area contributed by atoms with Gasteiger partial charge in [0, 0.05) is 0 Å². The number of benzene rings is 3. The zero-order valence-electron chi connectivity index (χ0n) is 16.4. The van der Waals surface area contributed by atoms with Gasteiger partial charge < -0.3 is 14.8 Å². The summed E-state index contributed by atoms with van der Waals surface area (Å²) in [5.74, 6) is 7.04. The molecule has 0 aliphatic heterocycles. The molecule has 0 spiro atoms. The molecule has 3 rings (SSSR count). The highest BCUT2D eigenvalue weighted by Gasteiger charge is 2.03. The Hall–Kier alpha value is -3.71. The first kappa shape index (κ1) is 20.0. The minimum absolute atomic E-state index is 0.0580. The van der Waals surface area contributed by atoms with Crippen molar-refractivity contribution in [2.45, 2.75) is 6.42 Å². The summed E-state index contributed by atoms with van der Waals surface area (Å²) >= 11 is 0. The number of methoxy groups -OCH3 is 1. The average molecular weight is 385 g/mol. The zero-order chi connectivity index (χ0) is 20.3. The molecule has 1 N–H and O–H groups in total. The lowest BCUT2D eigenvalue weighted by molar-refractivity contribution is -0.120. The van der Waals surface area contributed by atoms with Gasteiger partial charge in [0.2, 0.25) is 5.91 Å². The number of nitrogens with one attached hydrogen (secondary N) is 1. The van der Waals surface area contributed by atoms with Crippen molar-refractivity contribution in [3.05, 3.63) is 84.4 Å². The zero-order valence-corrected chi connectivity index (χ0v) is 16.4. The maximum absolute atomic E-state index is 12.1. The number of amides is 1. The van der Waals surface area contributed by atoms with E-state index in [0.717, 1.165) is 16.7 Å². The molecular formula is C25H23NO3. The van der Waals surface area contributed by atoms with Gasteiger partial charge in [0.25, 0.3) is 0 Å². The molecule has 4 nitrogen and oxygen atoms in total. The van der Waals surface area contributed by atoms with Crippen molar-refractivity contribution in [3.8, 4) is 34.5 Å². The molecule has 0 saturated carbocycles. The van der Waals surface area contributed by atoms with E-state index in [1.807, 2.05) is 66.7 Å². The lowest BCUT2D eigenvalue weighted by atomic mass is 10.0. The monoisotopic (exact) mass is 385 g/mol. The molecule has 1 amide bonds. The highest BCUT2D eigenvalue weighted by Crippen LogP contribution is 2.25. The van der Waals surface area contributed by atoms with E-state index < -0.39 is 0 Å². The van der Waals surface area contributed by atoms with Crippen molar-refractivity contribution in [1.82, 2.24) is 5.32 Å². The van der Waals surface area contributed by atoms with Crippen molar-refractivity contribution in [2.24, 2.45) is 0 Å². The molecule has 0 saturated heterocycles. The Bertz CT molecular complexity index is 986. The van der Waals surface area contributed by atoms with Gasteiger partial charge in [-0.25, -0.2) is 0 Å². The summed E-state index contributed by atoms with van der Waals surface area (Å²) in [5, 5.41) is 2.81. The summed E-state index contributed by atoms with van der Waals surface area (Å²) in [4.78, 5) is 12.1. The molecule has 29 heavy (non-hydrogen) atoms. The topological polar surface area (TPSA) is 47.6 Å². The first-order valence-electron chi connectivity index (χ1n) is 9.39. The normalized spacial score (nSPS) is 9.83. The Kier molecular flexibility index (Phi) is 7.31. The van der Waals surface area contributed by atoms with E-state index in [2.05, 4.69) is 29.3 Å². The van der Waals surface area contributed by atoms with Crippen LogP contribution in [0, 0.1) is 11.8 Å². The molecule has 3 aromatic rings. The van der Waals surface area contributed by atoms with E-state index in [1.165, 1.54) is 0 Å². The fourth-order valence-corrected chi connectivity index (χ4v) is 2.80. The van der Waals surface area contributed by atoms with Crippen LogP contribution in [0.15, 0.2) is 78.9 Å². The summed E-state index contributed by atoms with van der Waals surface area (Å²) in [7, 11) is 1.60. The lowest BCUT2D eigenvalue weighted by Crippen LogP contribution is -2.25. The van der Waals surface area contributed by atoms with Crippen LogP contribution in [0.4, 0.5) is 0 Å². The molecule has 0 radical (unpaired) electrons. The maximum Gasteiger partial charge on any atom is 0.225 e. The second-order valence-electron chi connectivity index (χ2n) is 6.31. The van der Waals surface area contributed by atoms with Crippen molar-refractivity contribution >= 4 is 5.91 Å². The Balaban J connectivity index is 1.41. The second kappa shape index (κ2) is 10.6. The van der Waals surface area contributed by atoms with E-state index in [1.54, 1.807) is 7.11 Å². The van der Waals surface area contributed by atoms with Gasteiger partial charge in [0.15, 0.2) is 11.5 Å². The van der Waals surface area contributed by atoms with Gasteiger partial charge in [-0.2, -0.15) is 0 Å². The van der Waals surface area contributed by atoms with Crippen LogP contribution < -0.4 is 14.8 Å². The Morgan fingerprint density at radius 1 is 0.828 bits per heavy atom. The van der Waals surface area contributed by atoms with Crippen LogP contribution in [0.2, 0.25) is 0 Å². The summed E-state index contributed by atoms with van der Waals surface area (Å²) < 4.78 is 10.8. The summed E-state index contributed by atoms with van der Waals surface area (Å²) in [5.41, 5.74) is 3.26. The molecule has 0 bridgehead atoms. The van der Waals surface area contributed by atoms with E-state index >= 15 is 0 Å². The van der Waals surface area contributed by atoms with E-state index in [4.69, 9.17) is 9.47 Å². The quantitative estimate of drug-likeness (QED) is 0.623. The number of para-hydroxylation sites is 2. The van der Waals surface area contributed by atoms with E-state index in [-0.39, 0.29) is 19.1 Å². The molecule has 0 aliphatic carbocycles. The van der Waals surface area contributed by atoms with Gasteiger partial charge in [-0.05, 0) is 28.8 Å². The molecule has 0 fully saturated rings. The van der Waals surface area contributed by atoms with Gasteiger partial charge in [0.05, 0.1) is 20.1 Å².